The molecule has 0 saturated heterocycles. The molecule has 0 amide bonds. The van der Waals surface area contributed by atoms with Crippen molar-refractivity contribution in [3.8, 4) is 0 Å². The molecule has 19 heavy (non-hydrogen) atoms. The molecular formula is C16H19N3. The van der Waals surface area contributed by atoms with Crippen LogP contribution in [0, 0.1) is 0 Å². The zero-order valence-electron chi connectivity index (χ0n) is 11.2. The van der Waals surface area contributed by atoms with Crippen LogP contribution in [0.3, 0.4) is 0 Å². The lowest BCUT2D eigenvalue weighted by Gasteiger charge is -2.30. The van der Waals surface area contributed by atoms with E-state index in [1.54, 1.807) is 0 Å². The third kappa shape index (κ3) is 2.55. The molecule has 3 heteroatoms. The molecule has 0 spiro atoms. The quantitative estimate of drug-likeness (QED) is 0.858. The fraction of sp³-hybridized carbons (Fsp3) is 0.312. The zero-order chi connectivity index (χ0) is 13.1. The van der Waals surface area contributed by atoms with E-state index in [1.165, 1.54) is 17.5 Å². The Bertz CT molecular complexity index is 565. The number of aromatic nitrogens is 1. The molecule has 1 atom stereocenters. The van der Waals surface area contributed by atoms with Gasteiger partial charge in [-0.25, -0.2) is 4.98 Å². The largest absolute Gasteiger partial charge is 0.384 e. The topological polar surface area (TPSA) is 37.0 Å². The SMILES string of the molecule is CCNc1cc(NCC2Cc3ccccc32)ccn1. The van der Waals surface area contributed by atoms with E-state index in [1.807, 2.05) is 12.3 Å². The Morgan fingerprint density at radius 2 is 2.11 bits per heavy atom. The minimum Gasteiger partial charge on any atom is -0.384 e. The van der Waals surface area contributed by atoms with Gasteiger partial charge in [0.15, 0.2) is 0 Å². The molecule has 3 rings (SSSR count). The Morgan fingerprint density at radius 1 is 1.21 bits per heavy atom. The summed E-state index contributed by atoms with van der Waals surface area (Å²) in [7, 11) is 0. The molecule has 2 aromatic rings. The van der Waals surface area contributed by atoms with Crippen molar-refractivity contribution in [2.75, 3.05) is 23.7 Å². The Labute approximate surface area is 114 Å². The number of nitrogens with zero attached hydrogens (tertiary/aromatic N) is 1. The summed E-state index contributed by atoms with van der Waals surface area (Å²) < 4.78 is 0. The van der Waals surface area contributed by atoms with Gasteiger partial charge >= 0.3 is 0 Å². The molecule has 1 unspecified atom stereocenters. The van der Waals surface area contributed by atoms with Gasteiger partial charge in [0.2, 0.25) is 0 Å². The Morgan fingerprint density at radius 3 is 2.95 bits per heavy atom. The molecule has 0 aliphatic heterocycles. The van der Waals surface area contributed by atoms with Gasteiger partial charge in [0.05, 0.1) is 0 Å². The van der Waals surface area contributed by atoms with E-state index in [9.17, 15) is 0 Å². The van der Waals surface area contributed by atoms with Gasteiger partial charge in [-0.1, -0.05) is 24.3 Å². The summed E-state index contributed by atoms with van der Waals surface area (Å²) in [6, 6.07) is 12.8. The number of benzene rings is 1. The van der Waals surface area contributed by atoms with Crippen molar-refractivity contribution in [2.24, 2.45) is 0 Å². The molecule has 1 aliphatic carbocycles. The summed E-state index contributed by atoms with van der Waals surface area (Å²) in [6.45, 7) is 3.96. The molecule has 1 aromatic heterocycles. The van der Waals surface area contributed by atoms with Crippen molar-refractivity contribution >= 4 is 11.5 Å². The molecule has 1 aliphatic rings. The smallest absolute Gasteiger partial charge is 0.127 e. The fourth-order valence-electron chi connectivity index (χ4n) is 2.60. The summed E-state index contributed by atoms with van der Waals surface area (Å²) in [5.74, 6) is 1.58. The lowest BCUT2D eigenvalue weighted by molar-refractivity contribution is 0.636. The number of fused-ring (bicyclic) bond motifs is 1. The van der Waals surface area contributed by atoms with Crippen LogP contribution in [0.1, 0.15) is 24.0 Å². The Hall–Kier alpha value is -2.03. The third-order valence-electron chi connectivity index (χ3n) is 3.63. The minimum atomic E-state index is 0.645. The fourth-order valence-corrected chi connectivity index (χ4v) is 2.60. The van der Waals surface area contributed by atoms with Crippen LogP contribution >= 0.6 is 0 Å². The van der Waals surface area contributed by atoms with Crippen molar-refractivity contribution in [2.45, 2.75) is 19.3 Å². The van der Waals surface area contributed by atoms with E-state index in [2.05, 4.69) is 52.9 Å². The summed E-state index contributed by atoms with van der Waals surface area (Å²) in [6.07, 6.45) is 3.03. The monoisotopic (exact) mass is 253 g/mol. The second-order valence-corrected chi connectivity index (χ2v) is 4.94. The highest BCUT2D eigenvalue weighted by Gasteiger charge is 2.24. The molecule has 0 fully saturated rings. The van der Waals surface area contributed by atoms with Gasteiger partial charge in [-0.2, -0.15) is 0 Å². The predicted octanol–water partition coefficient (Wildman–Crippen LogP) is 3.27. The lowest BCUT2D eigenvalue weighted by atomic mass is 9.77. The Balaban J connectivity index is 1.60. The van der Waals surface area contributed by atoms with E-state index >= 15 is 0 Å². The maximum absolute atomic E-state index is 4.28. The van der Waals surface area contributed by atoms with Gasteiger partial charge in [-0.3, -0.25) is 0 Å². The summed E-state index contributed by atoms with van der Waals surface area (Å²) in [4.78, 5) is 4.28. The molecule has 1 heterocycles. The highest BCUT2D eigenvalue weighted by molar-refractivity contribution is 5.52. The average Bonchev–Trinajstić information content (AvgIpc) is 2.41. The first kappa shape index (κ1) is 12.0. The standard InChI is InChI=1S/C16H19N3/c1-2-17-16-10-14(7-8-18-16)19-11-13-9-12-5-3-4-6-15(12)13/h3-8,10,13H,2,9,11H2,1H3,(H2,17,18,19). The van der Waals surface area contributed by atoms with Gasteiger partial charge in [-0.15, -0.1) is 0 Å². The number of pyridine rings is 1. The number of nitrogens with one attached hydrogen (secondary N) is 2. The van der Waals surface area contributed by atoms with E-state index in [0.29, 0.717) is 5.92 Å². The maximum Gasteiger partial charge on any atom is 0.127 e. The van der Waals surface area contributed by atoms with E-state index in [4.69, 9.17) is 0 Å². The Kier molecular flexibility index (Phi) is 3.36. The number of anilines is 2. The molecule has 1 aromatic carbocycles. The molecular weight excluding hydrogens is 234 g/mol. The number of hydrogen-bond donors (Lipinski definition) is 2. The summed E-state index contributed by atoms with van der Waals surface area (Å²) in [5.41, 5.74) is 4.13. The van der Waals surface area contributed by atoms with Crippen LogP contribution in [0.25, 0.3) is 0 Å². The average molecular weight is 253 g/mol. The third-order valence-corrected chi connectivity index (χ3v) is 3.63. The van der Waals surface area contributed by atoms with Crippen LogP contribution in [-0.4, -0.2) is 18.1 Å². The van der Waals surface area contributed by atoms with Crippen LogP contribution < -0.4 is 10.6 Å². The van der Waals surface area contributed by atoms with Crippen molar-refractivity contribution in [1.82, 2.24) is 4.98 Å². The number of rotatable bonds is 5. The van der Waals surface area contributed by atoms with Crippen LogP contribution in [0.15, 0.2) is 42.6 Å². The van der Waals surface area contributed by atoms with Crippen molar-refractivity contribution in [3.05, 3.63) is 53.7 Å². The zero-order valence-corrected chi connectivity index (χ0v) is 11.2. The summed E-state index contributed by atoms with van der Waals surface area (Å²) >= 11 is 0. The van der Waals surface area contributed by atoms with Crippen molar-refractivity contribution in [3.63, 3.8) is 0 Å². The molecule has 0 radical (unpaired) electrons. The molecule has 3 nitrogen and oxygen atoms in total. The molecule has 0 saturated carbocycles. The van der Waals surface area contributed by atoms with Gasteiger partial charge in [0.25, 0.3) is 0 Å². The lowest BCUT2D eigenvalue weighted by Crippen LogP contribution is -2.24. The van der Waals surface area contributed by atoms with Crippen molar-refractivity contribution in [1.29, 1.82) is 0 Å². The van der Waals surface area contributed by atoms with Crippen LogP contribution in [0.5, 0.6) is 0 Å². The first-order chi connectivity index (χ1) is 9.36. The highest BCUT2D eigenvalue weighted by atomic mass is 15.0. The maximum atomic E-state index is 4.28. The van der Waals surface area contributed by atoms with Gasteiger partial charge < -0.3 is 10.6 Å². The van der Waals surface area contributed by atoms with Crippen LogP contribution in [-0.2, 0) is 6.42 Å². The molecule has 0 bridgehead atoms. The van der Waals surface area contributed by atoms with Gasteiger partial charge in [0.1, 0.15) is 5.82 Å². The minimum absolute atomic E-state index is 0.645. The highest BCUT2D eigenvalue weighted by Crippen LogP contribution is 2.34. The van der Waals surface area contributed by atoms with E-state index in [-0.39, 0.29) is 0 Å². The van der Waals surface area contributed by atoms with Crippen LogP contribution in [0.4, 0.5) is 11.5 Å². The van der Waals surface area contributed by atoms with E-state index in [0.717, 1.165) is 24.6 Å². The summed E-state index contributed by atoms with van der Waals surface area (Å²) in [5, 5.41) is 6.73. The molecule has 98 valence electrons. The van der Waals surface area contributed by atoms with Crippen molar-refractivity contribution < 1.29 is 0 Å². The first-order valence-corrected chi connectivity index (χ1v) is 6.88. The first-order valence-electron chi connectivity index (χ1n) is 6.88. The number of hydrogen-bond acceptors (Lipinski definition) is 3. The van der Waals surface area contributed by atoms with Crippen LogP contribution in [0.2, 0.25) is 0 Å². The molecule has 2 N–H and O–H groups in total. The predicted molar refractivity (Wildman–Crippen MR) is 79.8 cm³/mol. The van der Waals surface area contributed by atoms with Gasteiger partial charge in [0, 0.05) is 37.0 Å². The normalized spacial score (nSPS) is 16.4. The second-order valence-electron chi connectivity index (χ2n) is 4.94. The van der Waals surface area contributed by atoms with Gasteiger partial charge in [-0.05, 0) is 30.5 Å². The van der Waals surface area contributed by atoms with E-state index < -0.39 is 0 Å². The second kappa shape index (κ2) is 5.31.